The van der Waals surface area contributed by atoms with Gasteiger partial charge in [-0.2, -0.15) is 0 Å². The van der Waals surface area contributed by atoms with Crippen LogP contribution in [0, 0.1) is 17.8 Å². The Morgan fingerprint density at radius 1 is 0.704 bits per heavy atom. The number of rotatable bonds is 11. The van der Waals surface area contributed by atoms with Gasteiger partial charge in [-0.05, 0) is 29.9 Å². The molecular weight excluding hydrogens is 406 g/mol. The highest BCUT2D eigenvalue weighted by Gasteiger charge is 2.37. The summed E-state index contributed by atoms with van der Waals surface area (Å²) < 4.78 is 1.50. The lowest BCUT2D eigenvalue weighted by Gasteiger charge is -2.44. The van der Waals surface area contributed by atoms with Crippen LogP contribution in [-0.4, -0.2) is 57.7 Å². The van der Waals surface area contributed by atoms with E-state index in [1.165, 1.54) is 0 Å². The maximum atomic E-state index is 10.7. The fraction of sp³-hybridized carbons (Fsp3) is 0.727. The first kappa shape index (κ1) is 24.6. The molecule has 0 unspecified atom stereocenters. The summed E-state index contributed by atoms with van der Waals surface area (Å²) in [4.78, 5) is 0. The van der Waals surface area contributed by atoms with Crippen molar-refractivity contribution < 1.29 is 19.8 Å². The molecule has 0 radical (unpaired) electrons. The second-order valence-corrected chi connectivity index (χ2v) is 10.0. The Hall–Kier alpha value is -0.460. The molecule has 0 aliphatic carbocycles. The van der Waals surface area contributed by atoms with E-state index in [-0.39, 0.29) is 17.8 Å². The molecule has 27 heavy (non-hydrogen) atoms. The van der Waals surface area contributed by atoms with Crippen LogP contribution >= 0.6 is 15.9 Å². The summed E-state index contributed by atoms with van der Waals surface area (Å²) in [7, 11) is 0. The predicted molar refractivity (Wildman–Crippen MR) is 115 cm³/mol. The van der Waals surface area contributed by atoms with Crippen LogP contribution in [0.3, 0.4) is 0 Å². The quantitative estimate of drug-likeness (QED) is 0.454. The van der Waals surface area contributed by atoms with Crippen LogP contribution in [0.1, 0.15) is 47.1 Å². The van der Waals surface area contributed by atoms with E-state index in [9.17, 15) is 15.3 Å². The molecule has 1 rings (SSSR count). The summed E-state index contributed by atoms with van der Waals surface area (Å²) in [6.07, 6.45) is -1.46. The average molecular weight is 445 g/mol. The first-order valence-corrected chi connectivity index (χ1v) is 10.9. The molecule has 4 nitrogen and oxygen atoms in total. The smallest absolute Gasteiger partial charge is 0.106 e. The Bertz CT molecular complexity index is 504. The fourth-order valence-corrected chi connectivity index (χ4v) is 3.48. The normalized spacial score (nSPS) is 16.2. The number of quaternary nitrogens is 1. The number of aliphatic hydroxyl groups excluding tert-OH is 3. The number of halogens is 1. The molecule has 3 N–H and O–H groups in total. The summed E-state index contributed by atoms with van der Waals surface area (Å²) in [6, 6.07) is 8.17. The highest BCUT2D eigenvalue weighted by molar-refractivity contribution is 9.10. The standard InChI is InChI=1S/C22H39BrNO3/c1-15(2)20(25)12-24(13-21(26)16(3)4,14-22(27)17(5)6)11-18-7-9-19(23)10-8-18/h7-10,15-17,20-22,25-27H,11-14H2,1-6H3/q+1/t20-,21-,22-/m0/s1. The molecule has 0 saturated heterocycles. The third-order valence-electron chi connectivity index (χ3n) is 5.46. The van der Waals surface area contributed by atoms with Gasteiger partial charge in [0.25, 0.3) is 0 Å². The fourth-order valence-electron chi connectivity index (χ4n) is 3.22. The predicted octanol–water partition coefficient (Wildman–Crippen LogP) is 3.82. The minimum Gasteiger partial charge on any atom is -0.387 e. The van der Waals surface area contributed by atoms with E-state index in [4.69, 9.17) is 0 Å². The zero-order valence-electron chi connectivity index (χ0n) is 17.8. The lowest BCUT2D eigenvalue weighted by Crippen LogP contribution is -2.59. The van der Waals surface area contributed by atoms with Crippen molar-refractivity contribution in [3.05, 3.63) is 34.3 Å². The first-order valence-electron chi connectivity index (χ1n) is 10.1. The van der Waals surface area contributed by atoms with Gasteiger partial charge in [-0.3, -0.25) is 0 Å². The highest BCUT2D eigenvalue weighted by Crippen LogP contribution is 2.24. The van der Waals surface area contributed by atoms with E-state index in [0.717, 1.165) is 10.0 Å². The van der Waals surface area contributed by atoms with E-state index in [2.05, 4.69) is 28.1 Å². The first-order chi connectivity index (χ1) is 12.5. The van der Waals surface area contributed by atoms with E-state index in [0.29, 0.717) is 30.7 Å². The second-order valence-electron chi connectivity index (χ2n) is 9.11. The van der Waals surface area contributed by atoms with Crippen molar-refractivity contribution >= 4 is 15.9 Å². The molecule has 5 heteroatoms. The van der Waals surface area contributed by atoms with Gasteiger partial charge in [0.05, 0.1) is 0 Å². The van der Waals surface area contributed by atoms with Gasteiger partial charge >= 0.3 is 0 Å². The number of nitrogens with zero attached hydrogens (tertiary/aromatic N) is 1. The Labute approximate surface area is 173 Å². The number of aliphatic hydroxyl groups is 3. The molecule has 0 aliphatic rings. The van der Waals surface area contributed by atoms with Crippen molar-refractivity contribution in [1.82, 2.24) is 0 Å². The molecule has 0 spiro atoms. The van der Waals surface area contributed by atoms with Gasteiger partial charge in [-0.1, -0.05) is 69.6 Å². The Morgan fingerprint density at radius 2 is 1.04 bits per heavy atom. The zero-order valence-corrected chi connectivity index (χ0v) is 19.4. The van der Waals surface area contributed by atoms with E-state index >= 15 is 0 Å². The van der Waals surface area contributed by atoms with Gasteiger partial charge in [0.2, 0.25) is 0 Å². The molecule has 0 aliphatic heterocycles. The Kier molecular flexibility index (Phi) is 9.93. The molecule has 3 atom stereocenters. The molecule has 0 saturated carbocycles. The number of hydrogen-bond donors (Lipinski definition) is 3. The van der Waals surface area contributed by atoms with Crippen molar-refractivity contribution in [3.8, 4) is 0 Å². The molecular formula is C22H39BrNO3+. The van der Waals surface area contributed by atoms with Gasteiger partial charge < -0.3 is 19.8 Å². The van der Waals surface area contributed by atoms with Crippen LogP contribution in [0.4, 0.5) is 0 Å². The minimum atomic E-state index is -0.487. The van der Waals surface area contributed by atoms with Crippen molar-refractivity contribution in [1.29, 1.82) is 0 Å². The molecule has 0 aromatic heterocycles. The van der Waals surface area contributed by atoms with E-state index in [1.807, 2.05) is 53.7 Å². The molecule has 0 fully saturated rings. The van der Waals surface area contributed by atoms with E-state index < -0.39 is 18.3 Å². The summed E-state index contributed by atoms with van der Waals surface area (Å²) in [5, 5.41) is 32.1. The van der Waals surface area contributed by atoms with Gasteiger partial charge in [-0.25, -0.2) is 0 Å². The highest BCUT2D eigenvalue weighted by atomic mass is 79.9. The zero-order chi connectivity index (χ0) is 20.8. The van der Waals surface area contributed by atoms with E-state index in [1.54, 1.807) is 0 Å². The maximum Gasteiger partial charge on any atom is 0.106 e. The molecule has 1 aromatic carbocycles. The minimum absolute atomic E-state index is 0.125. The van der Waals surface area contributed by atoms with Crippen LogP contribution in [0.25, 0.3) is 0 Å². The molecule has 0 amide bonds. The molecule has 0 bridgehead atoms. The van der Waals surface area contributed by atoms with Crippen LogP contribution < -0.4 is 0 Å². The summed E-state index contributed by atoms with van der Waals surface area (Å²) >= 11 is 3.48. The average Bonchev–Trinajstić information content (AvgIpc) is 2.56. The third kappa shape index (κ3) is 8.20. The topological polar surface area (TPSA) is 60.7 Å². The summed E-state index contributed by atoms with van der Waals surface area (Å²) in [6.45, 7) is 14.3. The van der Waals surface area contributed by atoms with Crippen molar-refractivity contribution in [3.63, 3.8) is 0 Å². The van der Waals surface area contributed by atoms with Crippen molar-refractivity contribution in [2.24, 2.45) is 17.8 Å². The lowest BCUT2D eigenvalue weighted by molar-refractivity contribution is -0.949. The maximum absolute atomic E-state index is 10.7. The monoisotopic (exact) mass is 444 g/mol. The van der Waals surface area contributed by atoms with Gasteiger partial charge in [0.1, 0.15) is 44.5 Å². The summed E-state index contributed by atoms with van der Waals surface area (Å²) in [5.74, 6) is 0.374. The Morgan fingerprint density at radius 3 is 1.33 bits per heavy atom. The lowest BCUT2D eigenvalue weighted by atomic mass is 9.98. The van der Waals surface area contributed by atoms with Crippen LogP contribution in [0.2, 0.25) is 0 Å². The van der Waals surface area contributed by atoms with Gasteiger partial charge in [0.15, 0.2) is 0 Å². The van der Waals surface area contributed by atoms with Crippen LogP contribution in [0.5, 0.6) is 0 Å². The Balaban J connectivity index is 3.27. The summed E-state index contributed by atoms with van der Waals surface area (Å²) in [5.41, 5.74) is 1.14. The van der Waals surface area contributed by atoms with Crippen LogP contribution in [-0.2, 0) is 6.54 Å². The number of benzene rings is 1. The molecule has 0 heterocycles. The van der Waals surface area contributed by atoms with Gasteiger partial charge in [-0.15, -0.1) is 0 Å². The SMILES string of the molecule is CC(C)[C@@H](O)C[N+](Cc1ccc(Br)cc1)(C[C@H](O)C(C)C)C[C@H](O)C(C)C. The number of hydrogen-bond acceptors (Lipinski definition) is 3. The third-order valence-corrected chi connectivity index (χ3v) is 5.99. The molecule has 156 valence electrons. The largest absolute Gasteiger partial charge is 0.387 e. The van der Waals surface area contributed by atoms with Crippen molar-refractivity contribution in [2.45, 2.75) is 66.4 Å². The van der Waals surface area contributed by atoms with Gasteiger partial charge in [0, 0.05) is 10.0 Å². The van der Waals surface area contributed by atoms with Crippen molar-refractivity contribution in [2.75, 3.05) is 19.6 Å². The van der Waals surface area contributed by atoms with Crippen LogP contribution in [0.15, 0.2) is 28.7 Å². The second kappa shape index (κ2) is 10.9. The molecule has 1 aromatic rings.